The van der Waals surface area contributed by atoms with Crippen molar-refractivity contribution >= 4 is 34.8 Å². The van der Waals surface area contributed by atoms with Crippen LogP contribution in [-0.4, -0.2) is 39.3 Å². The normalized spacial score (nSPS) is 15.7. The molecule has 0 saturated carbocycles. The lowest BCUT2D eigenvalue weighted by molar-refractivity contribution is -0.130. The predicted octanol–water partition coefficient (Wildman–Crippen LogP) is 4.39. The molecular weight excluding hydrogens is 437 g/mol. The number of carbonyl (C=O) groups excluding carboxylic acids is 2. The number of anilines is 1. The van der Waals surface area contributed by atoms with Crippen molar-refractivity contribution in [1.29, 1.82) is 0 Å². The Labute approximate surface area is 197 Å². The first-order valence-electron chi connectivity index (χ1n) is 10.8. The van der Waals surface area contributed by atoms with Crippen LogP contribution in [0.4, 0.5) is 10.1 Å². The zero-order valence-electron chi connectivity index (χ0n) is 18.0. The Morgan fingerprint density at radius 1 is 0.909 bits per heavy atom. The fraction of sp³-hybridized carbons (Fsp3) is 0.192. The first-order chi connectivity index (χ1) is 16.0. The molecule has 4 rings (SSSR count). The largest absolute Gasteiger partial charge is 0.332 e. The maximum Gasteiger partial charge on any atom is 0.252 e. The zero-order valence-corrected chi connectivity index (χ0v) is 18.8. The van der Waals surface area contributed by atoms with Gasteiger partial charge in [0.05, 0.1) is 6.42 Å². The van der Waals surface area contributed by atoms with E-state index >= 15 is 0 Å². The van der Waals surface area contributed by atoms with Gasteiger partial charge in [-0.25, -0.2) is 4.39 Å². The number of carbonyl (C=O) groups is 2. The highest BCUT2D eigenvalue weighted by Crippen LogP contribution is 2.24. The molecule has 1 aliphatic rings. The van der Waals surface area contributed by atoms with Gasteiger partial charge < -0.3 is 10.2 Å². The monoisotopic (exact) mass is 461 g/mol. The van der Waals surface area contributed by atoms with E-state index in [-0.39, 0.29) is 24.1 Å². The second-order valence-corrected chi connectivity index (χ2v) is 8.26. The molecule has 1 atom stereocenters. The van der Waals surface area contributed by atoms with E-state index < -0.39 is 6.04 Å². The molecule has 0 spiro atoms. The molecule has 1 fully saturated rings. The number of hydrogen-bond acceptors (Lipinski definition) is 3. The SMILES string of the molecule is O=C(C[C@H]1C(=O)N(CCc2ccccc2)C(=S)N1Cc1ccccc1)Nc1ccc(F)cc1. The highest BCUT2D eigenvalue weighted by Gasteiger charge is 2.43. The molecule has 3 aromatic carbocycles. The molecule has 1 heterocycles. The summed E-state index contributed by atoms with van der Waals surface area (Å²) in [5.41, 5.74) is 2.59. The molecule has 1 N–H and O–H groups in total. The fourth-order valence-electron chi connectivity index (χ4n) is 3.86. The minimum Gasteiger partial charge on any atom is -0.332 e. The third kappa shape index (κ3) is 5.62. The minimum absolute atomic E-state index is 0.0506. The number of nitrogens with one attached hydrogen (secondary N) is 1. The number of hydrogen-bond donors (Lipinski definition) is 1. The van der Waals surface area contributed by atoms with Crippen molar-refractivity contribution in [3.63, 3.8) is 0 Å². The summed E-state index contributed by atoms with van der Waals surface area (Å²) in [4.78, 5) is 29.5. The molecule has 168 valence electrons. The highest BCUT2D eigenvalue weighted by atomic mass is 32.1. The van der Waals surface area contributed by atoms with E-state index in [1.807, 2.05) is 65.6 Å². The predicted molar refractivity (Wildman–Crippen MR) is 130 cm³/mol. The Kier molecular flexibility index (Phi) is 7.10. The van der Waals surface area contributed by atoms with E-state index in [4.69, 9.17) is 12.2 Å². The van der Waals surface area contributed by atoms with Gasteiger partial charge >= 0.3 is 0 Å². The Balaban J connectivity index is 1.50. The molecule has 0 unspecified atom stereocenters. The third-order valence-electron chi connectivity index (χ3n) is 5.57. The summed E-state index contributed by atoms with van der Waals surface area (Å²) in [6, 6.07) is 24.5. The quantitative estimate of drug-likeness (QED) is 0.506. The van der Waals surface area contributed by atoms with Gasteiger partial charge in [-0.1, -0.05) is 60.7 Å². The Morgan fingerprint density at radius 3 is 2.15 bits per heavy atom. The zero-order chi connectivity index (χ0) is 23.2. The van der Waals surface area contributed by atoms with E-state index in [9.17, 15) is 14.0 Å². The van der Waals surface area contributed by atoms with E-state index in [0.717, 1.165) is 11.1 Å². The topological polar surface area (TPSA) is 52.7 Å². The maximum absolute atomic E-state index is 13.3. The third-order valence-corrected chi connectivity index (χ3v) is 6.03. The number of halogens is 1. The summed E-state index contributed by atoms with van der Waals surface area (Å²) in [6.45, 7) is 0.880. The number of rotatable bonds is 8. The Morgan fingerprint density at radius 2 is 1.52 bits per heavy atom. The molecule has 5 nitrogen and oxygen atoms in total. The summed E-state index contributed by atoms with van der Waals surface area (Å²) in [6.07, 6.45) is 0.616. The molecule has 1 aliphatic heterocycles. The van der Waals surface area contributed by atoms with Gasteiger partial charge in [0.15, 0.2) is 5.11 Å². The summed E-state index contributed by atoms with van der Waals surface area (Å²) >= 11 is 5.69. The average Bonchev–Trinajstić information content (AvgIpc) is 3.04. The molecule has 1 saturated heterocycles. The summed E-state index contributed by atoms with van der Waals surface area (Å²) < 4.78 is 13.2. The lowest BCUT2D eigenvalue weighted by atomic mass is 10.1. The van der Waals surface area contributed by atoms with E-state index in [0.29, 0.717) is 30.3 Å². The smallest absolute Gasteiger partial charge is 0.252 e. The Bertz CT molecular complexity index is 1120. The summed E-state index contributed by atoms with van der Waals surface area (Å²) in [7, 11) is 0. The van der Waals surface area contributed by atoms with E-state index in [1.165, 1.54) is 24.3 Å². The van der Waals surface area contributed by atoms with Gasteiger partial charge in [-0.05, 0) is 54.0 Å². The molecule has 3 aromatic rings. The molecule has 0 bridgehead atoms. The van der Waals surface area contributed by atoms with Gasteiger partial charge in [0.1, 0.15) is 11.9 Å². The van der Waals surface area contributed by atoms with Crippen LogP contribution < -0.4 is 5.32 Å². The summed E-state index contributed by atoms with van der Waals surface area (Å²) in [5.74, 6) is -0.890. The minimum atomic E-state index is -0.700. The Hall–Kier alpha value is -3.58. The van der Waals surface area contributed by atoms with Gasteiger partial charge in [-0.2, -0.15) is 0 Å². The lowest BCUT2D eigenvalue weighted by Crippen LogP contribution is -2.37. The fourth-order valence-corrected chi connectivity index (χ4v) is 4.24. The van der Waals surface area contributed by atoms with Gasteiger partial charge in [0.2, 0.25) is 5.91 Å². The number of thiocarbonyl (C=S) groups is 1. The van der Waals surface area contributed by atoms with Crippen LogP contribution in [0.3, 0.4) is 0 Å². The number of nitrogens with zero attached hydrogens (tertiary/aromatic N) is 2. The van der Waals surface area contributed by atoms with Crippen LogP contribution >= 0.6 is 12.2 Å². The van der Waals surface area contributed by atoms with Crippen molar-refractivity contribution in [2.24, 2.45) is 0 Å². The van der Waals surface area contributed by atoms with E-state index in [1.54, 1.807) is 4.90 Å². The first-order valence-corrected chi connectivity index (χ1v) is 11.2. The second kappa shape index (κ2) is 10.4. The van der Waals surface area contributed by atoms with Crippen LogP contribution in [0.2, 0.25) is 0 Å². The second-order valence-electron chi connectivity index (χ2n) is 7.90. The van der Waals surface area contributed by atoms with Crippen LogP contribution in [0.25, 0.3) is 0 Å². The molecule has 0 aromatic heterocycles. The first kappa shape index (κ1) is 22.6. The molecule has 2 amide bonds. The van der Waals surface area contributed by atoms with Gasteiger partial charge in [-0.15, -0.1) is 0 Å². The van der Waals surface area contributed by atoms with Crippen LogP contribution in [0.5, 0.6) is 0 Å². The molecule has 0 aliphatic carbocycles. The van der Waals surface area contributed by atoms with Crippen molar-refractivity contribution < 1.29 is 14.0 Å². The van der Waals surface area contributed by atoms with Crippen LogP contribution in [0.15, 0.2) is 84.9 Å². The molecule has 7 heteroatoms. The highest BCUT2D eigenvalue weighted by molar-refractivity contribution is 7.80. The van der Waals surface area contributed by atoms with Crippen LogP contribution in [0.1, 0.15) is 17.5 Å². The number of amides is 2. The lowest BCUT2D eigenvalue weighted by Gasteiger charge is -2.24. The van der Waals surface area contributed by atoms with Crippen molar-refractivity contribution in [2.75, 3.05) is 11.9 Å². The van der Waals surface area contributed by atoms with Crippen molar-refractivity contribution in [2.45, 2.75) is 25.4 Å². The van der Waals surface area contributed by atoms with Crippen molar-refractivity contribution in [3.05, 3.63) is 102 Å². The van der Waals surface area contributed by atoms with Gasteiger partial charge in [0.25, 0.3) is 5.91 Å². The van der Waals surface area contributed by atoms with Crippen LogP contribution in [0, 0.1) is 5.82 Å². The maximum atomic E-state index is 13.3. The number of benzene rings is 3. The average molecular weight is 462 g/mol. The molecule has 0 radical (unpaired) electrons. The van der Waals surface area contributed by atoms with Gasteiger partial charge in [0, 0.05) is 18.8 Å². The van der Waals surface area contributed by atoms with E-state index in [2.05, 4.69) is 5.32 Å². The van der Waals surface area contributed by atoms with Gasteiger partial charge in [-0.3, -0.25) is 14.5 Å². The van der Waals surface area contributed by atoms with Crippen molar-refractivity contribution in [1.82, 2.24) is 9.80 Å². The standard InChI is InChI=1S/C26H24FN3O2S/c27-21-11-13-22(14-12-21)28-24(31)17-23-25(32)29(16-15-19-7-3-1-4-8-19)26(33)30(23)18-20-9-5-2-6-10-20/h1-14,23H,15-18H2,(H,28,31)/t23-/m0/s1. The van der Waals surface area contributed by atoms with Crippen LogP contribution in [-0.2, 0) is 22.6 Å². The molecular formula is C26H24FN3O2S. The van der Waals surface area contributed by atoms with Crippen molar-refractivity contribution in [3.8, 4) is 0 Å². The summed E-state index contributed by atoms with van der Waals surface area (Å²) in [5, 5.41) is 3.17. The molecule has 33 heavy (non-hydrogen) atoms.